The van der Waals surface area contributed by atoms with Crippen molar-refractivity contribution in [3.05, 3.63) is 51.0 Å². The lowest BCUT2D eigenvalue weighted by Gasteiger charge is -2.12. The summed E-state index contributed by atoms with van der Waals surface area (Å²) in [6.07, 6.45) is 0. The minimum atomic E-state index is -0.288. The van der Waals surface area contributed by atoms with Crippen LogP contribution in [0.25, 0.3) is 0 Å². The van der Waals surface area contributed by atoms with E-state index in [4.69, 9.17) is 21.1 Å². The third-order valence-electron chi connectivity index (χ3n) is 3.22. The first kappa shape index (κ1) is 17.6. The van der Waals surface area contributed by atoms with Gasteiger partial charge < -0.3 is 14.8 Å². The second-order valence-electron chi connectivity index (χ2n) is 5.05. The Morgan fingerprint density at radius 1 is 1.22 bits per heavy atom. The molecule has 0 radical (unpaired) electrons. The predicted octanol–water partition coefficient (Wildman–Crippen LogP) is 4.75. The zero-order valence-corrected chi connectivity index (χ0v) is 15.4. The molecule has 23 heavy (non-hydrogen) atoms. The standard InChI is InChI=1S/C17H17BrClNO3/c1-10-6-13(7-11(2)17(10)18)23-9-16(21)20-14-8-12(19)4-5-15(14)22-3/h4-8H,9H2,1-3H3,(H,20,21). The maximum Gasteiger partial charge on any atom is 0.262 e. The summed E-state index contributed by atoms with van der Waals surface area (Å²) in [6.45, 7) is 3.85. The highest BCUT2D eigenvalue weighted by Crippen LogP contribution is 2.28. The number of halogens is 2. The van der Waals surface area contributed by atoms with Gasteiger partial charge in [0.25, 0.3) is 5.91 Å². The second kappa shape index (κ2) is 7.70. The lowest BCUT2D eigenvalue weighted by molar-refractivity contribution is -0.118. The molecule has 0 atom stereocenters. The maximum absolute atomic E-state index is 12.1. The summed E-state index contributed by atoms with van der Waals surface area (Å²) in [6, 6.07) is 8.78. The third kappa shape index (κ3) is 4.62. The molecule has 0 saturated heterocycles. The van der Waals surface area contributed by atoms with Gasteiger partial charge in [-0.2, -0.15) is 0 Å². The van der Waals surface area contributed by atoms with E-state index in [2.05, 4.69) is 21.2 Å². The molecule has 1 N–H and O–H groups in total. The molecule has 2 aromatic carbocycles. The van der Waals surface area contributed by atoms with E-state index < -0.39 is 0 Å². The number of anilines is 1. The van der Waals surface area contributed by atoms with Gasteiger partial charge in [-0.25, -0.2) is 0 Å². The van der Waals surface area contributed by atoms with Gasteiger partial charge in [0.1, 0.15) is 11.5 Å². The third-order valence-corrected chi connectivity index (χ3v) is 4.70. The van der Waals surface area contributed by atoms with Crippen molar-refractivity contribution < 1.29 is 14.3 Å². The minimum Gasteiger partial charge on any atom is -0.495 e. The summed E-state index contributed by atoms with van der Waals surface area (Å²) >= 11 is 9.44. The van der Waals surface area contributed by atoms with Crippen LogP contribution >= 0.6 is 27.5 Å². The molecule has 1 amide bonds. The molecule has 2 aromatic rings. The van der Waals surface area contributed by atoms with Gasteiger partial charge in [-0.3, -0.25) is 4.79 Å². The number of amides is 1. The van der Waals surface area contributed by atoms with Crippen molar-refractivity contribution in [2.75, 3.05) is 19.0 Å². The maximum atomic E-state index is 12.1. The van der Waals surface area contributed by atoms with Crippen LogP contribution in [0.1, 0.15) is 11.1 Å². The lowest BCUT2D eigenvalue weighted by Crippen LogP contribution is -2.20. The van der Waals surface area contributed by atoms with Gasteiger partial charge in [-0.1, -0.05) is 27.5 Å². The summed E-state index contributed by atoms with van der Waals surface area (Å²) in [4.78, 5) is 12.1. The number of methoxy groups -OCH3 is 1. The second-order valence-corrected chi connectivity index (χ2v) is 6.28. The Kier molecular flexibility index (Phi) is 5.91. The Labute approximate surface area is 148 Å². The van der Waals surface area contributed by atoms with Crippen LogP contribution in [0.15, 0.2) is 34.8 Å². The highest BCUT2D eigenvalue weighted by Gasteiger charge is 2.10. The van der Waals surface area contributed by atoms with E-state index in [1.165, 1.54) is 7.11 Å². The van der Waals surface area contributed by atoms with Gasteiger partial charge >= 0.3 is 0 Å². The Hall–Kier alpha value is -1.72. The molecule has 0 aromatic heterocycles. The molecule has 0 aliphatic heterocycles. The van der Waals surface area contributed by atoms with Crippen molar-refractivity contribution >= 4 is 39.1 Å². The first-order chi connectivity index (χ1) is 10.9. The normalized spacial score (nSPS) is 10.3. The Bertz CT molecular complexity index is 711. The fourth-order valence-corrected chi connectivity index (χ4v) is 2.50. The molecule has 0 unspecified atom stereocenters. The van der Waals surface area contributed by atoms with E-state index in [9.17, 15) is 4.79 Å². The number of nitrogens with one attached hydrogen (secondary N) is 1. The van der Waals surface area contributed by atoms with E-state index >= 15 is 0 Å². The summed E-state index contributed by atoms with van der Waals surface area (Å²) in [5.74, 6) is 0.901. The average Bonchev–Trinajstić information content (AvgIpc) is 2.50. The molecule has 0 heterocycles. The fraction of sp³-hybridized carbons (Fsp3) is 0.235. The fourth-order valence-electron chi connectivity index (χ4n) is 2.10. The number of benzene rings is 2. The molecule has 0 bridgehead atoms. The van der Waals surface area contributed by atoms with Crippen molar-refractivity contribution in [1.29, 1.82) is 0 Å². The number of carbonyl (C=O) groups is 1. The Balaban J connectivity index is 2.02. The number of hydrogen-bond acceptors (Lipinski definition) is 3. The predicted molar refractivity (Wildman–Crippen MR) is 95.7 cm³/mol. The summed E-state index contributed by atoms with van der Waals surface area (Å²) < 4.78 is 11.8. The van der Waals surface area contributed by atoms with Crippen molar-refractivity contribution in [3.8, 4) is 11.5 Å². The van der Waals surface area contributed by atoms with Crippen molar-refractivity contribution in [2.45, 2.75) is 13.8 Å². The van der Waals surface area contributed by atoms with E-state index in [-0.39, 0.29) is 12.5 Å². The summed E-state index contributed by atoms with van der Waals surface area (Å²) in [5.41, 5.74) is 2.62. The van der Waals surface area contributed by atoms with Crippen LogP contribution in [0.4, 0.5) is 5.69 Å². The Morgan fingerprint density at radius 2 is 1.87 bits per heavy atom. The largest absolute Gasteiger partial charge is 0.495 e. The highest BCUT2D eigenvalue weighted by atomic mass is 79.9. The number of aryl methyl sites for hydroxylation is 2. The van der Waals surface area contributed by atoms with Crippen LogP contribution in [0.3, 0.4) is 0 Å². The highest BCUT2D eigenvalue weighted by molar-refractivity contribution is 9.10. The van der Waals surface area contributed by atoms with Crippen molar-refractivity contribution in [1.82, 2.24) is 0 Å². The molecule has 2 rings (SSSR count). The lowest BCUT2D eigenvalue weighted by atomic mass is 10.1. The topological polar surface area (TPSA) is 47.6 Å². The smallest absolute Gasteiger partial charge is 0.262 e. The molecule has 122 valence electrons. The van der Waals surface area contributed by atoms with E-state index in [0.29, 0.717) is 22.2 Å². The molecular weight excluding hydrogens is 382 g/mol. The summed E-state index contributed by atoms with van der Waals surface area (Å²) in [5, 5.41) is 3.25. The zero-order valence-electron chi connectivity index (χ0n) is 13.1. The molecule has 0 aliphatic rings. The van der Waals surface area contributed by atoms with Gasteiger partial charge in [0.15, 0.2) is 6.61 Å². The molecular formula is C17H17BrClNO3. The Morgan fingerprint density at radius 3 is 2.48 bits per heavy atom. The van der Waals surface area contributed by atoms with Crippen molar-refractivity contribution in [2.24, 2.45) is 0 Å². The number of ether oxygens (including phenoxy) is 2. The minimum absolute atomic E-state index is 0.101. The number of rotatable bonds is 5. The number of hydrogen-bond donors (Lipinski definition) is 1. The van der Waals surface area contributed by atoms with E-state index in [0.717, 1.165) is 15.6 Å². The first-order valence-electron chi connectivity index (χ1n) is 6.93. The molecule has 4 nitrogen and oxygen atoms in total. The van der Waals surface area contributed by atoms with Crippen LogP contribution in [-0.2, 0) is 4.79 Å². The zero-order chi connectivity index (χ0) is 17.0. The number of carbonyl (C=O) groups excluding carboxylic acids is 1. The van der Waals surface area contributed by atoms with Crippen molar-refractivity contribution in [3.63, 3.8) is 0 Å². The molecule has 0 saturated carbocycles. The SMILES string of the molecule is COc1ccc(Cl)cc1NC(=O)COc1cc(C)c(Br)c(C)c1. The molecule has 6 heteroatoms. The monoisotopic (exact) mass is 397 g/mol. The van der Waals surface area contributed by atoms with Crippen LogP contribution in [0, 0.1) is 13.8 Å². The quantitative estimate of drug-likeness (QED) is 0.791. The van der Waals surface area contributed by atoms with Gasteiger partial charge in [0.05, 0.1) is 12.8 Å². The summed E-state index contributed by atoms with van der Waals surface area (Å²) in [7, 11) is 1.53. The van der Waals surface area contributed by atoms with Crippen LogP contribution in [0.2, 0.25) is 5.02 Å². The first-order valence-corrected chi connectivity index (χ1v) is 8.10. The average molecular weight is 399 g/mol. The van der Waals surface area contributed by atoms with Gasteiger partial charge in [0.2, 0.25) is 0 Å². The van der Waals surface area contributed by atoms with Gasteiger partial charge in [0, 0.05) is 9.50 Å². The van der Waals surface area contributed by atoms with Gasteiger partial charge in [-0.15, -0.1) is 0 Å². The van der Waals surface area contributed by atoms with Crippen LogP contribution < -0.4 is 14.8 Å². The molecule has 0 fully saturated rings. The van der Waals surface area contributed by atoms with Gasteiger partial charge in [-0.05, 0) is 55.3 Å². The van der Waals surface area contributed by atoms with E-state index in [1.807, 2.05) is 26.0 Å². The molecule has 0 spiro atoms. The van der Waals surface area contributed by atoms with Crippen LogP contribution in [-0.4, -0.2) is 19.6 Å². The van der Waals surface area contributed by atoms with E-state index in [1.54, 1.807) is 18.2 Å². The molecule has 0 aliphatic carbocycles. The van der Waals surface area contributed by atoms with Crippen LogP contribution in [0.5, 0.6) is 11.5 Å².